The van der Waals surface area contributed by atoms with Crippen LogP contribution in [-0.4, -0.2) is 59.6 Å². The van der Waals surface area contributed by atoms with Crippen LogP contribution in [0.1, 0.15) is 26.2 Å². The number of hydrogen-bond donors (Lipinski definition) is 0. The Balaban J connectivity index is 1.80. The number of hydrogen-bond acceptors (Lipinski definition) is 3. The highest BCUT2D eigenvalue weighted by Crippen LogP contribution is 2.25. The van der Waals surface area contributed by atoms with Gasteiger partial charge < -0.3 is 0 Å². The van der Waals surface area contributed by atoms with E-state index in [1.807, 2.05) is 11.8 Å². The molecule has 2 heterocycles. The van der Waals surface area contributed by atoms with Gasteiger partial charge in [-0.05, 0) is 25.8 Å². The number of nitrogens with zero attached hydrogens (tertiary/aromatic N) is 2. The van der Waals surface area contributed by atoms with Crippen molar-refractivity contribution in [2.45, 2.75) is 38.3 Å². The summed E-state index contributed by atoms with van der Waals surface area (Å²) in [6.45, 7) is 7.45. The molecule has 17 heavy (non-hydrogen) atoms. The second-order valence-corrected chi connectivity index (χ2v) is 6.21. The van der Waals surface area contributed by atoms with E-state index in [2.05, 4.69) is 22.6 Å². The molecule has 2 nitrogen and oxygen atoms in total. The molecule has 2 fully saturated rings. The van der Waals surface area contributed by atoms with Gasteiger partial charge in [-0.25, -0.2) is 0 Å². The molecule has 0 spiro atoms. The quantitative estimate of drug-likeness (QED) is 0.545. The Bertz CT molecular complexity index is 274. The smallest absolute Gasteiger partial charge is 0.0545 e. The molecular weight excluding hydrogens is 228 g/mol. The van der Waals surface area contributed by atoms with E-state index in [4.69, 9.17) is 6.42 Å². The Morgan fingerprint density at radius 2 is 2.29 bits per heavy atom. The van der Waals surface area contributed by atoms with Crippen LogP contribution in [0.4, 0.5) is 0 Å². The molecule has 2 aliphatic rings. The lowest BCUT2D eigenvalue weighted by Gasteiger charge is -2.43. The normalized spacial score (nSPS) is 30.1. The van der Waals surface area contributed by atoms with Gasteiger partial charge in [0.1, 0.15) is 0 Å². The highest BCUT2D eigenvalue weighted by Gasteiger charge is 2.34. The largest absolute Gasteiger partial charge is 0.298 e. The number of thioether (sulfide) groups is 1. The van der Waals surface area contributed by atoms with Crippen molar-refractivity contribution < 1.29 is 0 Å². The zero-order chi connectivity index (χ0) is 12.1. The standard InChI is InChI=1S/C14H24N2S/c1-3-9-17-10-8-16-12-14-6-5-7-15(14)11-13(16)4-2/h1,13-14H,4-12H2,2H3. The van der Waals surface area contributed by atoms with Crippen LogP contribution in [0, 0.1) is 12.3 Å². The zero-order valence-electron chi connectivity index (χ0n) is 10.9. The Kier molecular flexibility index (Phi) is 5.21. The van der Waals surface area contributed by atoms with Gasteiger partial charge in [0.05, 0.1) is 5.75 Å². The van der Waals surface area contributed by atoms with E-state index in [-0.39, 0.29) is 0 Å². The number of terminal acetylenes is 1. The first-order valence-electron chi connectivity index (χ1n) is 6.84. The number of fused-ring (bicyclic) bond motifs is 1. The summed E-state index contributed by atoms with van der Waals surface area (Å²) in [6, 6.07) is 1.62. The summed E-state index contributed by atoms with van der Waals surface area (Å²) in [5.41, 5.74) is 0. The first kappa shape index (κ1) is 13.3. The van der Waals surface area contributed by atoms with E-state index in [1.54, 1.807) is 0 Å². The second kappa shape index (κ2) is 6.68. The van der Waals surface area contributed by atoms with Gasteiger partial charge in [0, 0.05) is 37.5 Å². The van der Waals surface area contributed by atoms with Crippen LogP contribution in [0.5, 0.6) is 0 Å². The second-order valence-electron chi connectivity index (χ2n) is 5.10. The fourth-order valence-corrected chi connectivity index (χ4v) is 3.75. The third-order valence-corrected chi connectivity index (χ3v) is 4.93. The van der Waals surface area contributed by atoms with Crippen LogP contribution < -0.4 is 0 Å². The van der Waals surface area contributed by atoms with Crippen LogP contribution in [0.3, 0.4) is 0 Å². The predicted octanol–water partition coefficient (Wildman–Crippen LogP) is 1.91. The summed E-state index contributed by atoms with van der Waals surface area (Å²) in [6.07, 6.45) is 9.37. The molecule has 0 aliphatic carbocycles. The molecule has 0 amide bonds. The molecule has 0 radical (unpaired) electrons. The molecule has 2 saturated heterocycles. The van der Waals surface area contributed by atoms with Gasteiger partial charge in [-0.3, -0.25) is 9.80 Å². The van der Waals surface area contributed by atoms with Gasteiger partial charge in [0.2, 0.25) is 0 Å². The van der Waals surface area contributed by atoms with Crippen molar-refractivity contribution in [1.29, 1.82) is 0 Å². The Labute approximate surface area is 110 Å². The lowest BCUT2D eigenvalue weighted by molar-refractivity contribution is 0.0541. The molecule has 3 heteroatoms. The average molecular weight is 252 g/mol. The molecule has 2 atom stereocenters. The van der Waals surface area contributed by atoms with Gasteiger partial charge in [-0.1, -0.05) is 12.8 Å². The summed E-state index contributed by atoms with van der Waals surface area (Å²) in [5, 5.41) is 0. The maximum Gasteiger partial charge on any atom is 0.0545 e. The Morgan fingerprint density at radius 1 is 1.41 bits per heavy atom. The molecule has 0 aromatic carbocycles. The molecule has 2 unspecified atom stereocenters. The van der Waals surface area contributed by atoms with Gasteiger partial charge in [-0.2, -0.15) is 0 Å². The lowest BCUT2D eigenvalue weighted by atomic mass is 10.1. The molecule has 0 N–H and O–H groups in total. The maximum absolute atomic E-state index is 5.28. The van der Waals surface area contributed by atoms with Gasteiger partial charge in [-0.15, -0.1) is 18.2 Å². The third kappa shape index (κ3) is 3.40. The fraction of sp³-hybridized carbons (Fsp3) is 0.857. The van der Waals surface area contributed by atoms with Crippen molar-refractivity contribution in [3.05, 3.63) is 0 Å². The molecule has 2 rings (SSSR count). The van der Waals surface area contributed by atoms with Crippen molar-refractivity contribution >= 4 is 11.8 Å². The topological polar surface area (TPSA) is 6.48 Å². The molecular formula is C14H24N2S. The summed E-state index contributed by atoms with van der Waals surface area (Å²) >= 11 is 1.89. The Hall–Kier alpha value is -0.170. The molecule has 0 aromatic heterocycles. The van der Waals surface area contributed by atoms with E-state index < -0.39 is 0 Å². The van der Waals surface area contributed by atoms with Crippen LogP contribution in [-0.2, 0) is 0 Å². The van der Waals surface area contributed by atoms with Crippen molar-refractivity contribution in [2.24, 2.45) is 0 Å². The minimum Gasteiger partial charge on any atom is -0.298 e. The van der Waals surface area contributed by atoms with Gasteiger partial charge in [0.15, 0.2) is 0 Å². The highest BCUT2D eigenvalue weighted by molar-refractivity contribution is 7.99. The van der Waals surface area contributed by atoms with Crippen molar-refractivity contribution in [3.8, 4) is 12.3 Å². The van der Waals surface area contributed by atoms with Gasteiger partial charge >= 0.3 is 0 Å². The summed E-state index contributed by atoms with van der Waals surface area (Å²) in [4.78, 5) is 5.41. The molecule has 2 aliphatic heterocycles. The van der Waals surface area contributed by atoms with E-state index >= 15 is 0 Å². The van der Waals surface area contributed by atoms with Crippen molar-refractivity contribution in [2.75, 3.05) is 37.7 Å². The van der Waals surface area contributed by atoms with Crippen LogP contribution in [0.15, 0.2) is 0 Å². The minimum absolute atomic E-state index is 0.774. The van der Waals surface area contributed by atoms with E-state index in [0.29, 0.717) is 0 Å². The van der Waals surface area contributed by atoms with E-state index in [1.165, 1.54) is 51.2 Å². The minimum atomic E-state index is 0.774. The molecule has 0 saturated carbocycles. The molecule has 0 bridgehead atoms. The fourth-order valence-electron chi connectivity index (χ4n) is 3.12. The van der Waals surface area contributed by atoms with E-state index in [0.717, 1.165) is 17.8 Å². The first-order chi connectivity index (χ1) is 8.35. The SMILES string of the molecule is C#CCSCCN1CC2CCCN2CC1CC. The highest BCUT2D eigenvalue weighted by atomic mass is 32.2. The third-order valence-electron chi connectivity index (χ3n) is 4.09. The summed E-state index contributed by atoms with van der Waals surface area (Å²) in [5.74, 6) is 4.75. The monoisotopic (exact) mass is 252 g/mol. The van der Waals surface area contributed by atoms with Crippen molar-refractivity contribution in [3.63, 3.8) is 0 Å². The van der Waals surface area contributed by atoms with Crippen LogP contribution in [0.2, 0.25) is 0 Å². The van der Waals surface area contributed by atoms with Crippen LogP contribution in [0.25, 0.3) is 0 Å². The average Bonchev–Trinajstić information content (AvgIpc) is 2.80. The summed E-state index contributed by atoms with van der Waals surface area (Å²) in [7, 11) is 0. The number of rotatable bonds is 5. The van der Waals surface area contributed by atoms with Gasteiger partial charge in [0.25, 0.3) is 0 Å². The van der Waals surface area contributed by atoms with Crippen molar-refractivity contribution in [1.82, 2.24) is 9.80 Å². The molecule has 96 valence electrons. The number of piperazine rings is 1. The Morgan fingerprint density at radius 3 is 3.06 bits per heavy atom. The summed E-state index contributed by atoms with van der Waals surface area (Å²) < 4.78 is 0. The maximum atomic E-state index is 5.28. The first-order valence-corrected chi connectivity index (χ1v) is 8.00. The van der Waals surface area contributed by atoms with E-state index in [9.17, 15) is 0 Å². The zero-order valence-corrected chi connectivity index (χ0v) is 11.7. The predicted molar refractivity (Wildman–Crippen MR) is 76.4 cm³/mol. The lowest BCUT2D eigenvalue weighted by Crippen LogP contribution is -2.56. The molecule has 0 aromatic rings. The van der Waals surface area contributed by atoms with Crippen LogP contribution >= 0.6 is 11.8 Å².